The predicted octanol–water partition coefficient (Wildman–Crippen LogP) is 3.14. The van der Waals surface area contributed by atoms with Crippen LogP contribution < -0.4 is 4.74 Å². The lowest BCUT2D eigenvalue weighted by Gasteiger charge is -2.09. The van der Waals surface area contributed by atoms with E-state index in [1.807, 2.05) is 36.4 Å². The number of hydrogen-bond donors (Lipinski definition) is 0. The summed E-state index contributed by atoms with van der Waals surface area (Å²) >= 11 is 0. The highest BCUT2D eigenvalue weighted by Gasteiger charge is 2.08. The Hall–Kier alpha value is -2.36. The third-order valence-corrected chi connectivity index (χ3v) is 2.80. The highest BCUT2D eigenvalue weighted by atomic mass is 16.7. The van der Waals surface area contributed by atoms with Crippen molar-refractivity contribution < 1.29 is 14.4 Å². The molecule has 2 aromatic carbocycles. The van der Waals surface area contributed by atoms with Crippen LogP contribution in [0.5, 0.6) is 5.75 Å². The SMILES string of the molecule is COc1ccc(/C(C)=N/OC(C)=O)c2ccccc12. The molecule has 0 fully saturated rings. The van der Waals surface area contributed by atoms with Gasteiger partial charge in [0.1, 0.15) is 5.75 Å². The van der Waals surface area contributed by atoms with Gasteiger partial charge < -0.3 is 9.57 Å². The van der Waals surface area contributed by atoms with Crippen molar-refractivity contribution in [2.75, 3.05) is 7.11 Å². The van der Waals surface area contributed by atoms with Crippen LogP contribution in [0.1, 0.15) is 19.4 Å². The van der Waals surface area contributed by atoms with Gasteiger partial charge in [-0.2, -0.15) is 0 Å². The first-order chi connectivity index (χ1) is 9.13. The number of methoxy groups -OCH3 is 1. The molecule has 0 atom stereocenters. The normalized spacial score (nSPS) is 11.4. The lowest BCUT2D eigenvalue weighted by molar-refractivity contribution is -0.140. The lowest BCUT2D eigenvalue weighted by atomic mass is 10.0. The van der Waals surface area contributed by atoms with E-state index in [-0.39, 0.29) is 0 Å². The Morgan fingerprint density at radius 2 is 1.74 bits per heavy atom. The number of oxime groups is 1. The van der Waals surface area contributed by atoms with Gasteiger partial charge in [-0.05, 0) is 24.4 Å². The number of benzene rings is 2. The van der Waals surface area contributed by atoms with Crippen LogP contribution in [0.3, 0.4) is 0 Å². The van der Waals surface area contributed by atoms with Gasteiger partial charge in [0, 0.05) is 17.9 Å². The average Bonchev–Trinajstić information content (AvgIpc) is 2.43. The number of carbonyl (C=O) groups is 1. The quantitative estimate of drug-likeness (QED) is 0.482. The maximum Gasteiger partial charge on any atom is 0.331 e. The van der Waals surface area contributed by atoms with Crippen molar-refractivity contribution in [3.8, 4) is 5.75 Å². The molecule has 0 aliphatic rings. The van der Waals surface area contributed by atoms with Crippen LogP contribution in [0.15, 0.2) is 41.6 Å². The molecule has 0 saturated carbocycles. The zero-order valence-electron chi connectivity index (χ0n) is 11.1. The first-order valence-corrected chi connectivity index (χ1v) is 5.91. The Kier molecular flexibility index (Phi) is 3.80. The van der Waals surface area contributed by atoms with Crippen LogP contribution in [0.25, 0.3) is 10.8 Å². The van der Waals surface area contributed by atoms with Crippen LogP contribution in [-0.4, -0.2) is 18.8 Å². The van der Waals surface area contributed by atoms with Crippen LogP contribution in [-0.2, 0) is 9.63 Å². The second kappa shape index (κ2) is 5.52. The molecule has 0 unspecified atom stereocenters. The Bertz CT molecular complexity index is 647. The zero-order chi connectivity index (χ0) is 13.8. The average molecular weight is 257 g/mol. The van der Waals surface area contributed by atoms with Gasteiger partial charge in [0.2, 0.25) is 0 Å². The van der Waals surface area contributed by atoms with Crippen LogP contribution in [0.4, 0.5) is 0 Å². The van der Waals surface area contributed by atoms with Gasteiger partial charge in [-0.15, -0.1) is 0 Å². The van der Waals surface area contributed by atoms with Crippen molar-refractivity contribution in [2.45, 2.75) is 13.8 Å². The standard InChI is InChI=1S/C15H15NO3/c1-10(16-19-11(2)17)12-8-9-15(18-3)14-7-5-4-6-13(12)14/h4-9H,1-3H3/b16-10+. The number of hydrogen-bond acceptors (Lipinski definition) is 4. The molecule has 0 spiro atoms. The number of nitrogens with zero attached hydrogens (tertiary/aromatic N) is 1. The van der Waals surface area contributed by atoms with E-state index in [1.54, 1.807) is 14.0 Å². The predicted molar refractivity (Wildman–Crippen MR) is 74.5 cm³/mol. The van der Waals surface area contributed by atoms with Gasteiger partial charge in [-0.1, -0.05) is 29.4 Å². The molecule has 4 heteroatoms. The molecule has 2 rings (SSSR count). The maximum atomic E-state index is 10.8. The van der Waals surface area contributed by atoms with Crippen molar-refractivity contribution in [3.63, 3.8) is 0 Å². The molecule has 0 radical (unpaired) electrons. The minimum Gasteiger partial charge on any atom is -0.496 e. The Labute approximate surface area is 111 Å². The zero-order valence-corrected chi connectivity index (χ0v) is 11.1. The monoisotopic (exact) mass is 257 g/mol. The number of rotatable bonds is 3. The molecule has 0 aliphatic heterocycles. The van der Waals surface area contributed by atoms with Gasteiger partial charge in [0.25, 0.3) is 0 Å². The minimum absolute atomic E-state index is 0.433. The van der Waals surface area contributed by atoms with E-state index in [1.165, 1.54) is 6.92 Å². The molecule has 0 heterocycles. The van der Waals surface area contributed by atoms with Crippen LogP contribution in [0, 0.1) is 0 Å². The molecule has 0 N–H and O–H groups in total. The molecule has 0 amide bonds. The van der Waals surface area contributed by atoms with Crippen molar-refractivity contribution in [2.24, 2.45) is 5.16 Å². The van der Waals surface area contributed by atoms with Gasteiger partial charge >= 0.3 is 5.97 Å². The van der Waals surface area contributed by atoms with Crippen LogP contribution in [0.2, 0.25) is 0 Å². The highest BCUT2D eigenvalue weighted by Crippen LogP contribution is 2.28. The molecular formula is C15H15NO3. The lowest BCUT2D eigenvalue weighted by Crippen LogP contribution is -2.01. The molecule has 0 saturated heterocycles. The molecule has 0 bridgehead atoms. The maximum absolute atomic E-state index is 10.8. The molecule has 0 aliphatic carbocycles. The summed E-state index contributed by atoms with van der Waals surface area (Å²) in [6.07, 6.45) is 0. The van der Waals surface area contributed by atoms with Crippen molar-refractivity contribution >= 4 is 22.5 Å². The van der Waals surface area contributed by atoms with Crippen molar-refractivity contribution in [1.29, 1.82) is 0 Å². The van der Waals surface area contributed by atoms with Crippen LogP contribution >= 0.6 is 0 Å². The molecule has 2 aromatic rings. The summed E-state index contributed by atoms with van der Waals surface area (Å²) in [5.74, 6) is 0.372. The summed E-state index contributed by atoms with van der Waals surface area (Å²) in [5, 5.41) is 5.84. The van der Waals surface area contributed by atoms with Gasteiger partial charge in [-0.3, -0.25) is 0 Å². The van der Waals surface area contributed by atoms with E-state index < -0.39 is 5.97 Å². The topological polar surface area (TPSA) is 47.9 Å². The number of ether oxygens (including phenoxy) is 1. The Morgan fingerprint density at radius 3 is 2.37 bits per heavy atom. The Balaban J connectivity index is 2.56. The van der Waals surface area contributed by atoms with E-state index in [0.29, 0.717) is 5.71 Å². The summed E-state index contributed by atoms with van der Waals surface area (Å²) in [7, 11) is 1.64. The fourth-order valence-electron chi connectivity index (χ4n) is 1.95. The summed E-state index contributed by atoms with van der Waals surface area (Å²) in [6, 6.07) is 11.7. The fourth-order valence-corrected chi connectivity index (χ4v) is 1.95. The molecule has 98 valence electrons. The molecule has 19 heavy (non-hydrogen) atoms. The first kappa shape index (κ1) is 13.1. The summed E-state index contributed by atoms with van der Waals surface area (Å²) in [4.78, 5) is 15.5. The first-order valence-electron chi connectivity index (χ1n) is 5.91. The summed E-state index contributed by atoms with van der Waals surface area (Å²) in [5.41, 5.74) is 1.56. The largest absolute Gasteiger partial charge is 0.496 e. The minimum atomic E-state index is -0.433. The van der Waals surface area contributed by atoms with Crippen molar-refractivity contribution in [3.05, 3.63) is 42.0 Å². The van der Waals surface area contributed by atoms with E-state index in [4.69, 9.17) is 4.74 Å². The summed E-state index contributed by atoms with van der Waals surface area (Å²) in [6.45, 7) is 3.13. The second-order valence-corrected chi connectivity index (χ2v) is 4.12. The molecular weight excluding hydrogens is 242 g/mol. The molecule has 4 nitrogen and oxygen atoms in total. The van der Waals surface area contributed by atoms with E-state index in [9.17, 15) is 4.79 Å². The smallest absolute Gasteiger partial charge is 0.331 e. The van der Waals surface area contributed by atoms with Crippen molar-refractivity contribution in [1.82, 2.24) is 0 Å². The summed E-state index contributed by atoms with van der Waals surface area (Å²) < 4.78 is 5.34. The third kappa shape index (κ3) is 2.73. The molecule has 0 aromatic heterocycles. The van der Waals surface area contributed by atoms with Gasteiger partial charge in [-0.25, -0.2) is 4.79 Å². The number of fused-ring (bicyclic) bond motifs is 1. The number of carbonyl (C=O) groups excluding carboxylic acids is 1. The third-order valence-electron chi connectivity index (χ3n) is 2.80. The van der Waals surface area contributed by atoms with E-state index >= 15 is 0 Å². The second-order valence-electron chi connectivity index (χ2n) is 4.12. The Morgan fingerprint density at radius 1 is 1.05 bits per heavy atom. The fraction of sp³-hybridized carbons (Fsp3) is 0.200. The van der Waals surface area contributed by atoms with Gasteiger partial charge in [0.15, 0.2) is 0 Å². The van der Waals surface area contributed by atoms with E-state index in [2.05, 4.69) is 9.99 Å². The van der Waals surface area contributed by atoms with Gasteiger partial charge in [0.05, 0.1) is 12.8 Å². The highest BCUT2D eigenvalue weighted by molar-refractivity contribution is 6.11. The van der Waals surface area contributed by atoms with E-state index in [0.717, 1.165) is 22.1 Å².